The lowest BCUT2D eigenvalue weighted by atomic mass is 10.1. The van der Waals surface area contributed by atoms with Gasteiger partial charge in [-0.15, -0.1) is 0 Å². The lowest BCUT2D eigenvalue weighted by Crippen LogP contribution is -2.14. The molecule has 78 valence electrons. The van der Waals surface area contributed by atoms with Gasteiger partial charge in [0.15, 0.2) is 0 Å². The van der Waals surface area contributed by atoms with Crippen molar-refractivity contribution in [3.05, 3.63) is 29.8 Å². The fraction of sp³-hybridized carbons (Fsp3) is 0.462. The lowest BCUT2D eigenvalue weighted by molar-refractivity contribution is 0.602. The monoisotopic (exact) mass is 200 g/mol. The summed E-state index contributed by atoms with van der Waals surface area (Å²) in [7, 11) is 0. The van der Waals surface area contributed by atoms with Crippen LogP contribution in [0, 0.1) is 17.2 Å². The minimum absolute atomic E-state index is 0.618. The molecule has 2 atom stereocenters. The Hall–Kier alpha value is -1.49. The first kappa shape index (κ1) is 10.0. The molecule has 0 aliphatic heterocycles. The second-order valence-electron chi connectivity index (χ2n) is 4.45. The van der Waals surface area contributed by atoms with Crippen molar-refractivity contribution in [1.82, 2.24) is 0 Å². The van der Waals surface area contributed by atoms with Crippen LogP contribution in [-0.4, -0.2) is 6.04 Å². The van der Waals surface area contributed by atoms with Gasteiger partial charge >= 0.3 is 0 Å². The van der Waals surface area contributed by atoms with Crippen LogP contribution in [0.1, 0.15) is 31.7 Å². The van der Waals surface area contributed by atoms with Crippen molar-refractivity contribution >= 4 is 5.69 Å². The average Bonchev–Trinajstić information content (AvgIpc) is 2.65. The third-order valence-electron chi connectivity index (χ3n) is 3.08. The van der Waals surface area contributed by atoms with E-state index in [1.54, 1.807) is 0 Å². The van der Waals surface area contributed by atoms with E-state index < -0.39 is 0 Å². The van der Waals surface area contributed by atoms with E-state index in [1.165, 1.54) is 19.3 Å². The third-order valence-corrected chi connectivity index (χ3v) is 3.08. The van der Waals surface area contributed by atoms with E-state index in [0.717, 1.165) is 17.2 Å². The normalized spacial score (nSPS) is 24.8. The highest BCUT2D eigenvalue weighted by Gasteiger charge is 2.20. The van der Waals surface area contributed by atoms with Crippen LogP contribution in [0.4, 0.5) is 5.69 Å². The van der Waals surface area contributed by atoms with Gasteiger partial charge in [-0.1, -0.05) is 6.92 Å². The van der Waals surface area contributed by atoms with Gasteiger partial charge in [0.2, 0.25) is 0 Å². The van der Waals surface area contributed by atoms with Crippen LogP contribution in [0.5, 0.6) is 0 Å². The molecule has 1 aromatic rings. The number of nitrogens with zero attached hydrogens (tertiary/aromatic N) is 1. The molecule has 2 heteroatoms. The van der Waals surface area contributed by atoms with E-state index in [0.29, 0.717) is 6.04 Å². The molecular weight excluding hydrogens is 184 g/mol. The summed E-state index contributed by atoms with van der Waals surface area (Å²) in [5.41, 5.74) is 1.86. The van der Waals surface area contributed by atoms with E-state index in [1.807, 2.05) is 24.3 Å². The van der Waals surface area contributed by atoms with Gasteiger partial charge in [0.1, 0.15) is 0 Å². The molecule has 0 heterocycles. The van der Waals surface area contributed by atoms with Crippen LogP contribution in [0.25, 0.3) is 0 Å². The van der Waals surface area contributed by atoms with Gasteiger partial charge in [-0.25, -0.2) is 0 Å². The van der Waals surface area contributed by atoms with Crippen molar-refractivity contribution in [3.63, 3.8) is 0 Å². The Morgan fingerprint density at radius 1 is 1.27 bits per heavy atom. The number of rotatable bonds is 2. The predicted octanol–water partition coefficient (Wildman–Crippen LogP) is 3.16. The lowest BCUT2D eigenvalue weighted by Gasteiger charge is -2.13. The molecule has 0 bridgehead atoms. The Morgan fingerprint density at radius 2 is 2.00 bits per heavy atom. The molecule has 0 saturated heterocycles. The van der Waals surface area contributed by atoms with Crippen molar-refractivity contribution in [1.29, 1.82) is 5.26 Å². The number of anilines is 1. The Labute approximate surface area is 90.9 Å². The maximum Gasteiger partial charge on any atom is 0.0991 e. The summed E-state index contributed by atoms with van der Waals surface area (Å²) in [5, 5.41) is 12.2. The van der Waals surface area contributed by atoms with Gasteiger partial charge in [-0.05, 0) is 49.4 Å². The predicted molar refractivity (Wildman–Crippen MR) is 61.6 cm³/mol. The van der Waals surface area contributed by atoms with Crippen LogP contribution < -0.4 is 5.32 Å². The maximum absolute atomic E-state index is 8.68. The molecule has 2 unspecified atom stereocenters. The standard InChI is InChI=1S/C13H16N2/c1-10-2-5-13(8-10)15-12-6-3-11(9-14)4-7-12/h3-4,6-7,10,13,15H,2,5,8H2,1H3. The molecule has 15 heavy (non-hydrogen) atoms. The first-order valence-electron chi connectivity index (χ1n) is 5.54. The number of benzene rings is 1. The molecule has 2 nitrogen and oxygen atoms in total. The minimum Gasteiger partial charge on any atom is -0.382 e. The van der Waals surface area contributed by atoms with Crippen LogP contribution >= 0.6 is 0 Å². The summed E-state index contributed by atoms with van der Waals surface area (Å²) in [6.45, 7) is 2.31. The second kappa shape index (κ2) is 4.35. The summed E-state index contributed by atoms with van der Waals surface area (Å²) in [6.07, 6.45) is 3.86. The second-order valence-corrected chi connectivity index (χ2v) is 4.45. The Morgan fingerprint density at radius 3 is 2.53 bits per heavy atom. The first-order valence-corrected chi connectivity index (χ1v) is 5.54. The molecule has 1 saturated carbocycles. The molecule has 1 N–H and O–H groups in total. The molecule has 1 aliphatic rings. The van der Waals surface area contributed by atoms with E-state index in [-0.39, 0.29) is 0 Å². The molecule has 0 radical (unpaired) electrons. The highest BCUT2D eigenvalue weighted by Crippen LogP contribution is 2.27. The summed E-state index contributed by atoms with van der Waals surface area (Å²) in [5.74, 6) is 0.848. The van der Waals surface area contributed by atoms with Gasteiger partial charge in [0, 0.05) is 11.7 Å². The number of nitriles is 1. The van der Waals surface area contributed by atoms with Gasteiger partial charge in [-0.3, -0.25) is 0 Å². The topological polar surface area (TPSA) is 35.8 Å². The summed E-state index contributed by atoms with van der Waals surface area (Å²) in [6, 6.07) is 10.4. The molecule has 1 aliphatic carbocycles. The van der Waals surface area contributed by atoms with Crippen molar-refractivity contribution in [2.75, 3.05) is 5.32 Å². The van der Waals surface area contributed by atoms with Crippen LogP contribution in [-0.2, 0) is 0 Å². The zero-order chi connectivity index (χ0) is 10.7. The summed E-state index contributed by atoms with van der Waals surface area (Å²) in [4.78, 5) is 0. The smallest absolute Gasteiger partial charge is 0.0991 e. The van der Waals surface area contributed by atoms with Crippen molar-refractivity contribution in [3.8, 4) is 6.07 Å². The zero-order valence-corrected chi connectivity index (χ0v) is 9.03. The van der Waals surface area contributed by atoms with Crippen LogP contribution in [0.3, 0.4) is 0 Å². The summed E-state index contributed by atoms with van der Waals surface area (Å²) < 4.78 is 0. The third kappa shape index (κ3) is 2.50. The number of nitrogens with one attached hydrogen (secondary N) is 1. The van der Waals surface area contributed by atoms with E-state index in [9.17, 15) is 0 Å². The van der Waals surface area contributed by atoms with Gasteiger partial charge in [0.25, 0.3) is 0 Å². The van der Waals surface area contributed by atoms with Gasteiger partial charge in [0.05, 0.1) is 11.6 Å². The fourth-order valence-electron chi connectivity index (χ4n) is 2.21. The quantitative estimate of drug-likeness (QED) is 0.796. The van der Waals surface area contributed by atoms with Crippen LogP contribution in [0.15, 0.2) is 24.3 Å². The number of hydrogen-bond donors (Lipinski definition) is 1. The first-order chi connectivity index (χ1) is 7.28. The molecule has 0 amide bonds. The molecule has 1 fully saturated rings. The largest absolute Gasteiger partial charge is 0.382 e. The van der Waals surface area contributed by atoms with E-state index in [2.05, 4.69) is 18.3 Å². The maximum atomic E-state index is 8.68. The van der Waals surface area contributed by atoms with Crippen molar-refractivity contribution in [2.24, 2.45) is 5.92 Å². The van der Waals surface area contributed by atoms with Gasteiger partial charge in [-0.2, -0.15) is 5.26 Å². The Balaban J connectivity index is 1.96. The van der Waals surface area contributed by atoms with Crippen LogP contribution in [0.2, 0.25) is 0 Å². The number of hydrogen-bond acceptors (Lipinski definition) is 2. The zero-order valence-electron chi connectivity index (χ0n) is 9.03. The highest BCUT2D eigenvalue weighted by molar-refractivity contribution is 5.47. The molecule has 0 spiro atoms. The fourth-order valence-corrected chi connectivity index (χ4v) is 2.21. The molecule has 0 aromatic heterocycles. The Kier molecular flexibility index (Phi) is 2.91. The molecule has 1 aromatic carbocycles. The van der Waals surface area contributed by atoms with Gasteiger partial charge < -0.3 is 5.32 Å². The SMILES string of the molecule is CC1CCC(Nc2ccc(C#N)cc2)C1. The highest BCUT2D eigenvalue weighted by atomic mass is 14.9. The van der Waals surface area contributed by atoms with Crippen molar-refractivity contribution < 1.29 is 0 Å². The Bertz CT molecular complexity index is 361. The minimum atomic E-state index is 0.618. The molecular formula is C13H16N2. The summed E-state index contributed by atoms with van der Waals surface area (Å²) >= 11 is 0. The molecule has 2 rings (SSSR count). The van der Waals surface area contributed by atoms with E-state index >= 15 is 0 Å². The van der Waals surface area contributed by atoms with E-state index in [4.69, 9.17) is 5.26 Å². The average molecular weight is 200 g/mol. The van der Waals surface area contributed by atoms with Crippen molar-refractivity contribution in [2.45, 2.75) is 32.2 Å².